The van der Waals surface area contributed by atoms with Gasteiger partial charge in [-0.2, -0.15) is 0 Å². The van der Waals surface area contributed by atoms with Crippen LogP contribution in [0, 0.1) is 11.8 Å². The molecule has 3 atom stereocenters. The van der Waals surface area contributed by atoms with Crippen molar-refractivity contribution in [3.05, 3.63) is 108 Å². The summed E-state index contributed by atoms with van der Waals surface area (Å²) in [5.41, 5.74) is 2.49. The molecular formula is C31H34N2O3. The molecule has 0 aromatic heterocycles. The SMILES string of the molecule is O=C(c1ccccc1)[C@H]1CN(CCN2CCOCC2)C[C@@H](C(=O)c2ccccc2)[C@@H]1c1ccccc1. The van der Waals surface area contributed by atoms with Crippen LogP contribution in [0.25, 0.3) is 0 Å². The normalized spacial score (nSPS) is 23.3. The number of nitrogens with zero attached hydrogens (tertiary/aromatic N) is 2. The Kier molecular flexibility index (Phi) is 8.01. The summed E-state index contributed by atoms with van der Waals surface area (Å²) in [6.45, 7) is 6.43. The van der Waals surface area contributed by atoms with Gasteiger partial charge in [-0.3, -0.25) is 14.5 Å². The highest BCUT2D eigenvalue weighted by Gasteiger charge is 2.44. The molecule has 0 N–H and O–H groups in total. The Morgan fingerprint density at radius 3 is 1.58 bits per heavy atom. The Hall–Kier alpha value is -3.12. The molecule has 2 saturated heterocycles. The maximum absolute atomic E-state index is 14.0. The molecule has 3 aromatic carbocycles. The smallest absolute Gasteiger partial charge is 0.167 e. The molecule has 5 heteroatoms. The molecule has 2 fully saturated rings. The van der Waals surface area contributed by atoms with Gasteiger partial charge in [-0.25, -0.2) is 0 Å². The zero-order valence-electron chi connectivity index (χ0n) is 20.7. The van der Waals surface area contributed by atoms with Crippen molar-refractivity contribution in [1.29, 1.82) is 0 Å². The fourth-order valence-electron chi connectivity index (χ4n) is 5.69. The van der Waals surface area contributed by atoms with E-state index in [0.29, 0.717) is 24.2 Å². The summed E-state index contributed by atoms with van der Waals surface area (Å²) in [4.78, 5) is 32.7. The lowest BCUT2D eigenvalue weighted by molar-refractivity contribution is 0.0258. The first-order chi connectivity index (χ1) is 17.7. The summed E-state index contributed by atoms with van der Waals surface area (Å²) in [5.74, 6) is -0.541. The largest absolute Gasteiger partial charge is 0.379 e. The Bertz CT molecular complexity index is 1070. The maximum atomic E-state index is 14.0. The molecular weight excluding hydrogens is 448 g/mol. The number of carbonyl (C=O) groups is 2. The third kappa shape index (κ3) is 5.65. The number of carbonyl (C=O) groups excluding carboxylic acids is 2. The Balaban J connectivity index is 1.49. The van der Waals surface area contributed by atoms with Crippen LogP contribution in [0.4, 0.5) is 0 Å². The fourth-order valence-corrected chi connectivity index (χ4v) is 5.69. The summed E-state index contributed by atoms with van der Waals surface area (Å²) < 4.78 is 5.51. The number of likely N-dealkylation sites (tertiary alicyclic amines) is 1. The van der Waals surface area contributed by atoms with Crippen LogP contribution >= 0.6 is 0 Å². The van der Waals surface area contributed by atoms with E-state index in [-0.39, 0.29) is 29.3 Å². The second kappa shape index (κ2) is 11.7. The zero-order valence-corrected chi connectivity index (χ0v) is 20.7. The summed E-state index contributed by atoms with van der Waals surface area (Å²) in [7, 11) is 0. The fraction of sp³-hybridized carbons (Fsp3) is 0.355. The molecule has 0 aliphatic carbocycles. The summed E-state index contributed by atoms with van der Waals surface area (Å²) >= 11 is 0. The number of hydrogen-bond donors (Lipinski definition) is 0. The maximum Gasteiger partial charge on any atom is 0.167 e. The van der Waals surface area contributed by atoms with Crippen LogP contribution in [0.3, 0.4) is 0 Å². The van der Waals surface area contributed by atoms with Gasteiger partial charge in [0.1, 0.15) is 0 Å². The molecule has 0 unspecified atom stereocenters. The number of piperidine rings is 1. The van der Waals surface area contributed by atoms with Crippen molar-refractivity contribution in [2.45, 2.75) is 5.92 Å². The van der Waals surface area contributed by atoms with Crippen LogP contribution in [0.2, 0.25) is 0 Å². The van der Waals surface area contributed by atoms with Crippen molar-refractivity contribution in [1.82, 2.24) is 9.80 Å². The standard InChI is InChI=1S/C31H34N2O3/c34-30(25-12-6-2-7-13-25)27-22-33(17-16-32-18-20-36-21-19-32)23-28(29(27)24-10-4-1-5-11-24)31(35)26-14-8-3-9-15-26/h1-15,27-29H,16-23H2/t27-,28+,29+. The van der Waals surface area contributed by atoms with Gasteiger partial charge in [0, 0.05) is 68.1 Å². The molecule has 186 valence electrons. The highest BCUT2D eigenvalue weighted by atomic mass is 16.5. The Morgan fingerprint density at radius 1 is 0.639 bits per heavy atom. The molecule has 2 aliphatic rings. The van der Waals surface area contributed by atoms with Gasteiger partial charge in [0.05, 0.1) is 13.2 Å². The van der Waals surface area contributed by atoms with Gasteiger partial charge in [0.25, 0.3) is 0 Å². The number of morpholine rings is 1. The van der Waals surface area contributed by atoms with Gasteiger partial charge in [-0.05, 0) is 5.56 Å². The molecule has 3 aromatic rings. The van der Waals surface area contributed by atoms with Gasteiger partial charge >= 0.3 is 0 Å². The minimum Gasteiger partial charge on any atom is -0.379 e. The van der Waals surface area contributed by atoms with Crippen molar-refractivity contribution in [2.75, 3.05) is 52.5 Å². The number of ether oxygens (including phenoxy) is 1. The molecule has 5 rings (SSSR count). The first-order valence-corrected chi connectivity index (χ1v) is 13.0. The molecule has 36 heavy (non-hydrogen) atoms. The van der Waals surface area contributed by atoms with Gasteiger partial charge < -0.3 is 9.64 Å². The quantitative estimate of drug-likeness (QED) is 0.445. The number of rotatable bonds is 8. The highest BCUT2D eigenvalue weighted by Crippen LogP contribution is 2.40. The molecule has 2 heterocycles. The van der Waals surface area contributed by atoms with Crippen molar-refractivity contribution >= 4 is 11.6 Å². The Labute approximate surface area is 213 Å². The Morgan fingerprint density at radius 2 is 1.08 bits per heavy atom. The zero-order chi connectivity index (χ0) is 24.7. The first kappa shape index (κ1) is 24.6. The van der Waals surface area contributed by atoms with E-state index in [0.717, 1.165) is 45.0 Å². The molecule has 0 bridgehead atoms. The average Bonchev–Trinajstić information content (AvgIpc) is 2.96. The van der Waals surface area contributed by atoms with E-state index in [2.05, 4.69) is 21.9 Å². The second-order valence-corrected chi connectivity index (χ2v) is 9.82. The lowest BCUT2D eigenvalue weighted by Crippen LogP contribution is -2.52. The third-order valence-corrected chi connectivity index (χ3v) is 7.59. The van der Waals surface area contributed by atoms with Crippen molar-refractivity contribution in [2.24, 2.45) is 11.8 Å². The van der Waals surface area contributed by atoms with E-state index < -0.39 is 0 Å². The van der Waals surface area contributed by atoms with E-state index in [1.807, 2.05) is 78.9 Å². The number of ketones is 2. The van der Waals surface area contributed by atoms with Crippen LogP contribution in [-0.2, 0) is 4.74 Å². The topological polar surface area (TPSA) is 49.9 Å². The van der Waals surface area contributed by atoms with Crippen LogP contribution in [0.5, 0.6) is 0 Å². The molecule has 2 aliphatic heterocycles. The van der Waals surface area contributed by atoms with Gasteiger partial charge in [0.2, 0.25) is 0 Å². The first-order valence-electron chi connectivity index (χ1n) is 13.0. The lowest BCUT2D eigenvalue weighted by atomic mass is 9.68. The second-order valence-electron chi connectivity index (χ2n) is 9.82. The monoisotopic (exact) mass is 482 g/mol. The van der Waals surface area contributed by atoms with Crippen molar-refractivity contribution < 1.29 is 14.3 Å². The van der Waals surface area contributed by atoms with Crippen molar-refractivity contribution in [3.8, 4) is 0 Å². The minimum atomic E-state index is -0.300. The summed E-state index contributed by atoms with van der Waals surface area (Å²) in [6, 6.07) is 29.2. The van der Waals surface area contributed by atoms with Gasteiger partial charge in [0.15, 0.2) is 11.6 Å². The van der Waals surface area contributed by atoms with E-state index >= 15 is 0 Å². The minimum absolute atomic E-state index is 0.117. The molecule has 0 radical (unpaired) electrons. The predicted molar refractivity (Wildman–Crippen MR) is 141 cm³/mol. The van der Waals surface area contributed by atoms with Crippen molar-refractivity contribution in [3.63, 3.8) is 0 Å². The summed E-state index contributed by atoms with van der Waals surface area (Å²) in [6.07, 6.45) is 0. The number of Topliss-reactive ketones (excluding diaryl/α,β-unsaturated/α-hetero) is 2. The predicted octanol–water partition coefficient (Wildman–Crippen LogP) is 4.42. The number of benzene rings is 3. The third-order valence-electron chi connectivity index (χ3n) is 7.59. The van der Waals surface area contributed by atoms with Gasteiger partial charge in [-0.15, -0.1) is 0 Å². The lowest BCUT2D eigenvalue weighted by Gasteiger charge is -2.43. The van der Waals surface area contributed by atoms with Gasteiger partial charge in [-0.1, -0.05) is 91.0 Å². The summed E-state index contributed by atoms with van der Waals surface area (Å²) in [5, 5.41) is 0. The van der Waals surface area contributed by atoms with Crippen LogP contribution in [0.1, 0.15) is 32.2 Å². The molecule has 0 saturated carbocycles. The van der Waals surface area contributed by atoms with Crippen LogP contribution in [-0.4, -0.2) is 73.8 Å². The van der Waals surface area contributed by atoms with E-state index in [1.54, 1.807) is 0 Å². The van der Waals surface area contributed by atoms with Crippen LogP contribution < -0.4 is 0 Å². The number of hydrogen-bond acceptors (Lipinski definition) is 5. The van der Waals surface area contributed by atoms with E-state index in [1.165, 1.54) is 0 Å². The van der Waals surface area contributed by atoms with Crippen LogP contribution in [0.15, 0.2) is 91.0 Å². The average molecular weight is 483 g/mol. The van der Waals surface area contributed by atoms with E-state index in [4.69, 9.17) is 4.74 Å². The van der Waals surface area contributed by atoms with E-state index in [9.17, 15) is 9.59 Å². The molecule has 5 nitrogen and oxygen atoms in total. The molecule has 0 amide bonds. The highest BCUT2D eigenvalue weighted by molar-refractivity contribution is 6.02. The molecule has 0 spiro atoms.